The molecule has 308 valence electrons. The van der Waals surface area contributed by atoms with E-state index in [4.69, 9.17) is 23.4 Å². The van der Waals surface area contributed by atoms with Crippen molar-refractivity contribution in [3.8, 4) is 11.5 Å². The van der Waals surface area contributed by atoms with Crippen LogP contribution in [0.25, 0.3) is 11.0 Å². The van der Waals surface area contributed by atoms with Crippen LogP contribution in [-0.4, -0.2) is 72.9 Å². The molecule has 0 spiro atoms. The molecule has 0 unspecified atom stereocenters. The average Bonchev–Trinajstić information content (AvgIpc) is 3.70. The van der Waals surface area contributed by atoms with Gasteiger partial charge in [0, 0.05) is 18.0 Å². The first-order valence-corrected chi connectivity index (χ1v) is 22.3. The Morgan fingerprint density at radius 1 is 0.914 bits per heavy atom. The predicted octanol–water partition coefficient (Wildman–Crippen LogP) is 8.57. The molecule has 1 amide bonds. The highest BCUT2D eigenvalue weighted by Gasteiger charge is 2.53. The minimum Gasteiger partial charge on any atom is -0.497 e. The van der Waals surface area contributed by atoms with Gasteiger partial charge in [-0.25, -0.2) is 14.4 Å². The molecule has 5 aromatic rings. The minimum atomic E-state index is -2.64. The number of methoxy groups -OCH3 is 2. The van der Waals surface area contributed by atoms with Crippen molar-refractivity contribution in [3.63, 3.8) is 0 Å². The zero-order valence-corrected chi connectivity index (χ0v) is 35.5. The van der Waals surface area contributed by atoms with Crippen LogP contribution in [0.3, 0.4) is 0 Å². The smallest absolute Gasteiger partial charge is 0.303 e. The fourth-order valence-corrected chi connectivity index (χ4v) is 8.48. The molecule has 4 atom stereocenters. The molecule has 0 bridgehead atoms. The van der Waals surface area contributed by atoms with Crippen molar-refractivity contribution in [2.75, 3.05) is 26.1 Å². The Morgan fingerprint density at radius 3 is 2.00 bits per heavy atom. The lowest BCUT2D eigenvalue weighted by atomic mass is 9.80. The van der Waals surface area contributed by atoms with Crippen molar-refractivity contribution >= 4 is 37.0 Å². The number of benzene rings is 3. The predicted molar refractivity (Wildman–Crippen MR) is 221 cm³/mol. The number of hydrogen-bond acceptors (Lipinski definition) is 9. The zero-order valence-electron chi connectivity index (χ0n) is 34.5. The summed E-state index contributed by atoms with van der Waals surface area (Å²) < 4.78 is 49.9. The van der Waals surface area contributed by atoms with Crippen LogP contribution in [0.4, 0.5) is 10.2 Å². The molecule has 58 heavy (non-hydrogen) atoms. The summed E-state index contributed by atoms with van der Waals surface area (Å²) in [6.07, 6.45) is -0.577. The van der Waals surface area contributed by atoms with Gasteiger partial charge in [0.2, 0.25) is 5.91 Å². The highest BCUT2D eigenvalue weighted by molar-refractivity contribution is 6.74. The first kappa shape index (κ1) is 42.5. The van der Waals surface area contributed by atoms with E-state index < -0.39 is 50.1 Å². The zero-order chi connectivity index (χ0) is 42.0. The topological polar surface area (TPSA) is 143 Å². The maximum Gasteiger partial charge on any atom is 0.303 e. The van der Waals surface area contributed by atoms with Gasteiger partial charge in [-0.15, -0.1) is 0 Å². The number of carboxylic acid groups (broad SMARTS) is 1. The Bertz CT molecular complexity index is 2160. The Labute approximate surface area is 339 Å². The van der Waals surface area contributed by atoms with Crippen LogP contribution in [0, 0.1) is 17.7 Å². The number of carboxylic acids is 1. The molecule has 12 nitrogen and oxygen atoms in total. The third kappa shape index (κ3) is 8.37. The van der Waals surface area contributed by atoms with Gasteiger partial charge in [0.1, 0.15) is 29.2 Å². The van der Waals surface area contributed by atoms with Gasteiger partial charge in [-0.05, 0) is 59.1 Å². The Hall–Kier alpha value is -5.15. The highest BCUT2D eigenvalue weighted by Crippen LogP contribution is 2.48. The first-order valence-electron chi connectivity index (χ1n) is 19.4. The van der Waals surface area contributed by atoms with Gasteiger partial charge in [-0.3, -0.25) is 9.59 Å². The largest absolute Gasteiger partial charge is 0.497 e. The monoisotopic (exact) mass is 812 g/mol. The molecule has 2 aromatic heterocycles. The van der Waals surface area contributed by atoms with Crippen molar-refractivity contribution in [2.24, 2.45) is 11.8 Å². The standard InChI is InChI=1S/C44H53FN4O8Si/c1-27(2)41(52)48-39-37-34(45)24-49(40(37)47-26-46-39)42-38(57-58(8,9)43(3,4)5)33(23-36(50)51)35(56-42)25-55-44(28-13-11-10-12-14-28,29-15-19-31(53-6)20-16-29)30-17-21-32(54-7)22-18-30/h10-22,24,26-27,33,35,38,42H,23,25H2,1-9H3,(H,50,51)(H,46,47,48,52)/t33-,35-,38+,42+/m0/s1. The van der Waals surface area contributed by atoms with E-state index in [9.17, 15) is 14.7 Å². The molecule has 1 fully saturated rings. The number of anilines is 1. The summed E-state index contributed by atoms with van der Waals surface area (Å²) in [4.78, 5) is 34.1. The van der Waals surface area contributed by atoms with Crippen LogP contribution >= 0.6 is 0 Å². The van der Waals surface area contributed by atoms with E-state index >= 15 is 4.39 Å². The van der Waals surface area contributed by atoms with E-state index in [0.717, 1.165) is 16.7 Å². The molecule has 0 radical (unpaired) electrons. The summed E-state index contributed by atoms with van der Waals surface area (Å²) in [5, 5.41) is 12.9. The van der Waals surface area contributed by atoms with Crippen LogP contribution < -0.4 is 14.8 Å². The molecule has 3 heterocycles. The highest BCUT2D eigenvalue weighted by atomic mass is 28.4. The molecule has 1 aliphatic heterocycles. The first-order chi connectivity index (χ1) is 27.5. The summed E-state index contributed by atoms with van der Waals surface area (Å²) in [5.41, 5.74) is 1.32. The maximum atomic E-state index is 16.1. The van der Waals surface area contributed by atoms with Crippen LogP contribution in [-0.2, 0) is 29.1 Å². The van der Waals surface area contributed by atoms with E-state index in [1.165, 1.54) is 17.1 Å². The van der Waals surface area contributed by atoms with Crippen LogP contribution in [0.2, 0.25) is 18.1 Å². The van der Waals surface area contributed by atoms with Crippen LogP contribution in [0.5, 0.6) is 11.5 Å². The molecule has 2 N–H and O–H groups in total. The average molecular weight is 813 g/mol. The number of aromatic nitrogens is 3. The number of nitrogens with zero attached hydrogens (tertiary/aromatic N) is 3. The van der Waals surface area contributed by atoms with Crippen molar-refractivity contribution in [1.82, 2.24) is 14.5 Å². The maximum absolute atomic E-state index is 16.1. The lowest BCUT2D eigenvalue weighted by molar-refractivity contribution is -0.140. The van der Waals surface area contributed by atoms with E-state index in [1.807, 2.05) is 78.9 Å². The quantitative estimate of drug-likeness (QED) is 0.0780. The van der Waals surface area contributed by atoms with E-state index in [1.54, 1.807) is 28.1 Å². The van der Waals surface area contributed by atoms with Gasteiger partial charge in [0.05, 0.1) is 44.8 Å². The second-order valence-electron chi connectivity index (χ2n) is 16.4. The number of carbonyl (C=O) groups excluding carboxylic acids is 1. The third-order valence-corrected chi connectivity index (χ3v) is 15.9. The van der Waals surface area contributed by atoms with Gasteiger partial charge < -0.3 is 38.4 Å². The Kier molecular flexibility index (Phi) is 12.4. The normalized spacial score (nSPS) is 18.7. The molecular weight excluding hydrogens is 760 g/mol. The van der Waals surface area contributed by atoms with Crippen molar-refractivity contribution in [2.45, 2.75) is 83.2 Å². The van der Waals surface area contributed by atoms with Crippen LogP contribution in [0.1, 0.15) is 64.0 Å². The number of rotatable bonds is 15. The van der Waals surface area contributed by atoms with E-state index in [-0.39, 0.29) is 46.7 Å². The number of ether oxygens (including phenoxy) is 4. The molecule has 0 aliphatic carbocycles. The Balaban J connectivity index is 1.50. The number of halogens is 1. The summed E-state index contributed by atoms with van der Waals surface area (Å²) in [7, 11) is 0.564. The van der Waals surface area contributed by atoms with Crippen LogP contribution in [0.15, 0.2) is 91.4 Å². The molecular formula is C44H53FN4O8Si. The summed E-state index contributed by atoms with van der Waals surface area (Å²) in [6, 6.07) is 25.0. The second kappa shape index (κ2) is 17.0. The molecule has 0 saturated carbocycles. The minimum absolute atomic E-state index is 0.00256. The fourth-order valence-electron chi connectivity index (χ4n) is 7.15. The molecule has 6 rings (SSSR count). The van der Waals surface area contributed by atoms with Gasteiger partial charge in [0.15, 0.2) is 26.0 Å². The lowest BCUT2D eigenvalue weighted by Gasteiger charge is -2.41. The van der Waals surface area contributed by atoms with Crippen molar-refractivity contribution in [3.05, 3.63) is 114 Å². The molecule has 14 heteroatoms. The van der Waals surface area contributed by atoms with Gasteiger partial charge >= 0.3 is 5.97 Å². The lowest BCUT2D eigenvalue weighted by Crippen LogP contribution is -2.47. The summed E-state index contributed by atoms with van der Waals surface area (Å²) in [5.74, 6) is -1.85. The number of hydrogen-bond donors (Lipinski definition) is 2. The number of amides is 1. The van der Waals surface area contributed by atoms with E-state index in [0.29, 0.717) is 11.5 Å². The SMILES string of the molecule is COc1ccc(C(OC[C@@H]2O[C@@H](n3cc(F)c4c(NC(=O)C(C)C)ncnc43)[C@H](O[Si](C)(C)C(C)(C)C)[C@H]2CC(=O)O)(c2ccccc2)c2ccc(OC)cc2)cc1. The summed E-state index contributed by atoms with van der Waals surface area (Å²) in [6.45, 7) is 13.8. The van der Waals surface area contributed by atoms with Crippen molar-refractivity contribution < 1.29 is 42.5 Å². The number of aliphatic carboxylic acids is 1. The van der Waals surface area contributed by atoms with Crippen molar-refractivity contribution in [1.29, 1.82) is 0 Å². The third-order valence-electron chi connectivity index (χ3n) is 11.4. The van der Waals surface area contributed by atoms with E-state index in [2.05, 4.69) is 49.1 Å². The Morgan fingerprint density at radius 2 is 1.48 bits per heavy atom. The van der Waals surface area contributed by atoms with Gasteiger partial charge in [-0.1, -0.05) is 89.2 Å². The fraction of sp³-hybridized carbons (Fsp3) is 0.409. The molecule has 1 aliphatic rings. The van der Waals surface area contributed by atoms with Gasteiger partial charge in [-0.2, -0.15) is 0 Å². The number of fused-ring (bicyclic) bond motifs is 1. The number of nitrogens with one attached hydrogen (secondary N) is 1. The molecule has 3 aromatic carbocycles. The second-order valence-corrected chi connectivity index (χ2v) is 21.2. The number of carbonyl (C=O) groups is 2. The molecule has 1 saturated heterocycles. The van der Waals surface area contributed by atoms with Gasteiger partial charge in [0.25, 0.3) is 0 Å². The summed E-state index contributed by atoms with van der Waals surface area (Å²) >= 11 is 0.